The van der Waals surface area contributed by atoms with Crippen molar-refractivity contribution in [1.29, 1.82) is 0 Å². The van der Waals surface area contributed by atoms with Crippen molar-refractivity contribution in [2.24, 2.45) is 0 Å². The van der Waals surface area contributed by atoms with E-state index in [2.05, 4.69) is 0 Å². The quantitative estimate of drug-likeness (QED) is 0.639. The molecule has 1 heterocycles. The normalized spacial score (nSPS) is 17.6. The van der Waals surface area contributed by atoms with Gasteiger partial charge >= 0.3 is 5.97 Å². The summed E-state index contributed by atoms with van der Waals surface area (Å²) in [4.78, 5) is 23.4. The lowest BCUT2D eigenvalue weighted by atomic mass is 10.3. The molecule has 0 spiro atoms. The van der Waals surface area contributed by atoms with Crippen LogP contribution in [-0.4, -0.2) is 35.0 Å². The number of carboxylic acids is 1. The number of hydrogen-bond donors (Lipinski definition) is 1. The van der Waals surface area contributed by atoms with Gasteiger partial charge in [0.25, 0.3) is 0 Å². The van der Waals surface area contributed by atoms with Crippen LogP contribution in [0.1, 0.15) is 19.8 Å². The number of rotatable bonds is 2. The fourth-order valence-corrected chi connectivity index (χ4v) is 1.28. The standard InChI is InChI=1S/C9H13NO3/c1-7(9(12)13)6-8(11)10-4-2-3-5-10/h6H,2-5H2,1H3,(H,12,13)/b7-6+. The molecular weight excluding hydrogens is 170 g/mol. The van der Waals surface area contributed by atoms with Crippen molar-refractivity contribution in [3.8, 4) is 0 Å². The van der Waals surface area contributed by atoms with E-state index in [4.69, 9.17) is 5.11 Å². The molecular formula is C9H13NO3. The van der Waals surface area contributed by atoms with Gasteiger partial charge in [0.05, 0.1) is 0 Å². The van der Waals surface area contributed by atoms with Crippen LogP contribution in [0.25, 0.3) is 0 Å². The first-order chi connectivity index (χ1) is 6.11. The van der Waals surface area contributed by atoms with Gasteiger partial charge in [-0.05, 0) is 19.8 Å². The molecule has 1 saturated heterocycles. The molecule has 0 aliphatic carbocycles. The Morgan fingerprint density at radius 2 is 1.85 bits per heavy atom. The molecule has 1 rings (SSSR count). The van der Waals surface area contributed by atoms with Crippen LogP contribution in [0, 0.1) is 0 Å². The highest BCUT2D eigenvalue weighted by molar-refractivity contribution is 5.97. The van der Waals surface area contributed by atoms with Crippen molar-refractivity contribution >= 4 is 11.9 Å². The third kappa shape index (κ3) is 2.57. The van der Waals surface area contributed by atoms with Crippen LogP contribution in [-0.2, 0) is 9.59 Å². The average Bonchev–Trinajstić information content (AvgIpc) is 2.55. The van der Waals surface area contributed by atoms with E-state index in [-0.39, 0.29) is 11.5 Å². The van der Waals surface area contributed by atoms with Gasteiger partial charge in [-0.1, -0.05) is 0 Å². The number of carbonyl (C=O) groups excluding carboxylic acids is 1. The predicted molar refractivity (Wildman–Crippen MR) is 47.2 cm³/mol. The van der Waals surface area contributed by atoms with Crippen LogP contribution in [0.15, 0.2) is 11.6 Å². The Kier molecular flexibility index (Phi) is 3.06. The van der Waals surface area contributed by atoms with E-state index >= 15 is 0 Å². The summed E-state index contributed by atoms with van der Waals surface area (Å²) in [7, 11) is 0. The maximum Gasteiger partial charge on any atom is 0.331 e. The molecule has 1 N–H and O–H groups in total. The topological polar surface area (TPSA) is 57.6 Å². The number of carbonyl (C=O) groups is 2. The van der Waals surface area contributed by atoms with Gasteiger partial charge in [0.1, 0.15) is 0 Å². The molecule has 1 aliphatic rings. The van der Waals surface area contributed by atoms with Gasteiger partial charge in [-0.3, -0.25) is 4.79 Å². The van der Waals surface area contributed by atoms with E-state index in [9.17, 15) is 9.59 Å². The molecule has 0 bridgehead atoms. The van der Waals surface area contributed by atoms with Crippen molar-refractivity contribution in [2.45, 2.75) is 19.8 Å². The van der Waals surface area contributed by atoms with Crippen molar-refractivity contribution in [1.82, 2.24) is 4.90 Å². The number of nitrogens with zero attached hydrogens (tertiary/aromatic N) is 1. The summed E-state index contributed by atoms with van der Waals surface area (Å²) < 4.78 is 0. The minimum atomic E-state index is -1.03. The summed E-state index contributed by atoms with van der Waals surface area (Å²) in [5.41, 5.74) is 0.0944. The lowest BCUT2D eigenvalue weighted by Gasteiger charge is -2.11. The van der Waals surface area contributed by atoms with Gasteiger partial charge in [-0.25, -0.2) is 4.79 Å². The fourth-order valence-electron chi connectivity index (χ4n) is 1.28. The molecule has 1 aliphatic heterocycles. The molecule has 0 atom stereocenters. The zero-order chi connectivity index (χ0) is 9.84. The van der Waals surface area contributed by atoms with Gasteiger partial charge in [-0.2, -0.15) is 0 Å². The van der Waals surface area contributed by atoms with E-state index in [1.54, 1.807) is 4.90 Å². The van der Waals surface area contributed by atoms with E-state index in [1.807, 2.05) is 0 Å². The molecule has 1 amide bonds. The molecule has 72 valence electrons. The van der Waals surface area contributed by atoms with Crippen LogP contribution in [0.4, 0.5) is 0 Å². The Balaban J connectivity index is 2.57. The minimum Gasteiger partial charge on any atom is -0.478 e. The number of carboxylic acid groups (broad SMARTS) is 1. The second-order valence-corrected chi connectivity index (χ2v) is 3.16. The van der Waals surface area contributed by atoms with E-state index in [1.165, 1.54) is 13.0 Å². The Morgan fingerprint density at radius 3 is 2.31 bits per heavy atom. The van der Waals surface area contributed by atoms with E-state index < -0.39 is 5.97 Å². The van der Waals surface area contributed by atoms with Gasteiger partial charge in [0, 0.05) is 24.7 Å². The molecule has 0 radical (unpaired) electrons. The summed E-state index contributed by atoms with van der Waals surface area (Å²) >= 11 is 0. The first-order valence-corrected chi connectivity index (χ1v) is 4.32. The molecule has 0 saturated carbocycles. The van der Waals surface area contributed by atoms with Gasteiger partial charge in [-0.15, -0.1) is 0 Å². The highest BCUT2D eigenvalue weighted by Crippen LogP contribution is 2.08. The first kappa shape index (κ1) is 9.77. The number of hydrogen-bond acceptors (Lipinski definition) is 2. The first-order valence-electron chi connectivity index (χ1n) is 4.32. The molecule has 13 heavy (non-hydrogen) atoms. The summed E-state index contributed by atoms with van der Waals surface area (Å²) in [6.45, 7) is 2.93. The largest absolute Gasteiger partial charge is 0.478 e. The van der Waals surface area contributed by atoms with Crippen LogP contribution in [0.5, 0.6) is 0 Å². The lowest BCUT2D eigenvalue weighted by molar-refractivity contribution is -0.133. The monoisotopic (exact) mass is 183 g/mol. The van der Waals surface area contributed by atoms with Gasteiger partial charge in [0.2, 0.25) is 5.91 Å². The van der Waals surface area contributed by atoms with Crippen molar-refractivity contribution in [2.75, 3.05) is 13.1 Å². The SMILES string of the molecule is C/C(=C\C(=O)N1CCCC1)C(=O)O. The van der Waals surface area contributed by atoms with Crippen LogP contribution in [0.3, 0.4) is 0 Å². The third-order valence-corrected chi connectivity index (χ3v) is 2.10. The molecule has 4 nitrogen and oxygen atoms in total. The predicted octanol–water partition coefficient (Wildman–Crippen LogP) is 0.640. The molecule has 0 aromatic rings. The van der Waals surface area contributed by atoms with Crippen LogP contribution >= 0.6 is 0 Å². The summed E-state index contributed by atoms with van der Waals surface area (Å²) in [6.07, 6.45) is 3.23. The highest BCUT2D eigenvalue weighted by atomic mass is 16.4. The second kappa shape index (κ2) is 4.07. The van der Waals surface area contributed by atoms with Crippen molar-refractivity contribution in [3.63, 3.8) is 0 Å². The molecule has 0 aromatic heterocycles. The minimum absolute atomic E-state index is 0.0944. The molecule has 0 unspecified atom stereocenters. The average molecular weight is 183 g/mol. The Hall–Kier alpha value is -1.32. The summed E-state index contributed by atoms with van der Waals surface area (Å²) in [5, 5.41) is 8.53. The molecule has 0 aromatic carbocycles. The zero-order valence-electron chi connectivity index (χ0n) is 7.62. The molecule has 4 heteroatoms. The van der Waals surface area contributed by atoms with Crippen LogP contribution < -0.4 is 0 Å². The zero-order valence-corrected chi connectivity index (χ0v) is 7.62. The maximum atomic E-state index is 11.3. The van der Waals surface area contributed by atoms with Gasteiger partial charge in [0.15, 0.2) is 0 Å². The molecule has 1 fully saturated rings. The highest BCUT2D eigenvalue weighted by Gasteiger charge is 2.16. The number of likely N-dealkylation sites (tertiary alicyclic amines) is 1. The third-order valence-electron chi connectivity index (χ3n) is 2.10. The van der Waals surface area contributed by atoms with Gasteiger partial charge < -0.3 is 10.0 Å². The number of aliphatic carboxylic acids is 1. The van der Waals surface area contributed by atoms with E-state index in [0.717, 1.165) is 25.9 Å². The lowest BCUT2D eigenvalue weighted by Crippen LogP contribution is -2.26. The Morgan fingerprint density at radius 1 is 1.31 bits per heavy atom. The van der Waals surface area contributed by atoms with Crippen molar-refractivity contribution in [3.05, 3.63) is 11.6 Å². The van der Waals surface area contributed by atoms with Crippen molar-refractivity contribution < 1.29 is 14.7 Å². The fraction of sp³-hybridized carbons (Fsp3) is 0.556. The number of amides is 1. The van der Waals surface area contributed by atoms with Crippen LogP contribution in [0.2, 0.25) is 0 Å². The van der Waals surface area contributed by atoms with E-state index in [0.29, 0.717) is 0 Å². The summed E-state index contributed by atoms with van der Waals surface area (Å²) in [6, 6.07) is 0. The maximum absolute atomic E-state index is 11.3. The summed E-state index contributed by atoms with van der Waals surface area (Å²) in [5.74, 6) is -1.22. The second-order valence-electron chi connectivity index (χ2n) is 3.16. The Bertz CT molecular complexity index is 252. The smallest absolute Gasteiger partial charge is 0.331 e. The Labute approximate surface area is 76.8 Å².